The van der Waals surface area contributed by atoms with Crippen molar-refractivity contribution in [3.63, 3.8) is 0 Å². The zero-order valence-corrected chi connectivity index (χ0v) is 16.7. The number of hydrogen-bond donors (Lipinski definition) is 1. The lowest BCUT2D eigenvalue weighted by Gasteiger charge is -2.27. The van der Waals surface area contributed by atoms with E-state index in [0.717, 1.165) is 4.47 Å². The van der Waals surface area contributed by atoms with Gasteiger partial charge in [0, 0.05) is 28.8 Å². The highest BCUT2D eigenvalue weighted by Gasteiger charge is 2.41. The number of benzene rings is 2. The molecule has 27 heavy (non-hydrogen) atoms. The quantitative estimate of drug-likeness (QED) is 0.780. The molecule has 1 fully saturated rings. The summed E-state index contributed by atoms with van der Waals surface area (Å²) in [6.45, 7) is 1.55. The minimum atomic E-state index is -3.90. The summed E-state index contributed by atoms with van der Waals surface area (Å²) in [5, 5.41) is 3.16. The number of hydrogen-bond acceptors (Lipinski definition) is 5. The Morgan fingerprint density at radius 2 is 1.81 bits per heavy atom. The molecule has 0 aromatic heterocycles. The number of anilines is 1. The standard InChI is InChI=1S/C19H17BrN2O4S/c20-13-4-3-5-14(12-13)21-17-15-6-1-2-7-16(15)27(24,25)18(17)19(23)22-8-10-26-11-9-22/h1-7,12,21H,8-11H2. The van der Waals surface area contributed by atoms with Crippen molar-refractivity contribution in [2.24, 2.45) is 0 Å². The SMILES string of the molecule is O=C(C1=C(Nc2cccc(Br)c2)c2ccccc2S1(=O)=O)N1CCOCC1. The number of amides is 1. The van der Waals surface area contributed by atoms with Crippen molar-refractivity contribution in [3.05, 3.63) is 63.5 Å². The molecule has 0 saturated carbocycles. The molecule has 2 aliphatic rings. The first-order valence-corrected chi connectivity index (χ1v) is 10.7. The number of rotatable bonds is 3. The first kappa shape index (κ1) is 18.2. The second-order valence-electron chi connectivity index (χ2n) is 6.24. The molecule has 0 unspecified atom stereocenters. The summed E-state index contributed by atoms with van der Waals surface area (Å²) in [5.74, 6) is -0.494. The smallest absolute Gasteiger partial charge is 0.268 e. The lowest BCUT2D eigenvalue weighted by molar-refractivity contribution is -0.130. The molecule has 6 nitrogen and oxygen atoms in total. The second-order valence-corrected chi connectivity index (χ2v) is 9.01. The van der Waals surface area contributed by atoms with Gasteiger partial charge in [0.25, 0.3) is 5.91 Å². The van der Waals surface area contributed by atoms with Crippen LogP contribution in [-0.4, -0.2) is 45.5 Å². The van der Waals surface area contributed by atoms with E-state index < -0.39 is 15.7 Å². The van der Waals surface area contributed by atoms with Gasteiger partial charge in [-0.2, -0.15) is 0 Å². The van der Waals surface area contributed by atoms with Crippen LogP contribution in [0.5, 0.6) is 0 Å². The van der Waals surface area contributed by atoms with Crippen molar-refractivity contribution in [2.45, 2.75) is 4.90 Å². The van der Waals surface area contributed by atoms with Gasteiger partial charge in [-0.3, -0.25) is 4.79 Å². The Labute approximate surface area is 165 Å². The number of carbonyl (C=O) groups is 1. The van der Waals surface area contributed by atoms with Crippen LogP contribution in [-0.2, 0) is 19.4 Å². The average Bonchev–Trinajstić information content (AvgIpc) is 2.89. The van der Waals surface area contributed by atoms with E-state index in [1.54, 1.807) is 18.2 Å². The van der Waals surface area contributed by atoms with E-state index in [4.69, 9.17) is 4.74 Å². The summed E-state index contributed by atoms with van der Waals surface area (Å²) in [4.78, 5) is 14.6. The van der Waals surface area contributed by atoms with Crippen LogP contribution in [0.25, 0.3) is 5.70 Å². The number of ether oxygens (including phenoxy) is 1. The largest absolute Gasteiger partial charge is 0.378 e. The summed E-state index contributed by atoms with van der Waals surface area (Å²) >= 11 is 3.41. The number of carbonyl (C=O) groups excluding carboxylic acids is 1. The van der Waals surface area contributed by atoms with E-state index in [1.807, 2.05) is 24.3 Å². The van der Waals surface area contributed by atoms with Gasteiger partial charge >= 0.3 is 0 Å². The monoisotopic (exact) mass is 448 g/mol. The lowest BCUT2D eigenvalue weighted by Crippen LogP contribution is -2.42. The van der Waals surface area contributed by atoms with Gasteiger partial charge in [-0.25, -0.2) is 8.42 Å². The van der Waals surface area contributed by atoms with Gasteiger partial charge in [0.15, 0.2) is 4.91 Å². The molecular weight excluding hydrogens is 432 g/mol. The molecule has 8 heteroatoms. The molecule has 2 aliphatic heterocycles. The summed E-state index contributed by atoms with van der Waals surface area (Å²) in [5.41, 5.74) is 1.52. The van der Waals surface area contributed by atoms with E-state index in [-0.39, 0.29) is 9.80 Å². The van der Waals surface area contributed by atoms with Crippen LogP contribution in [0.1, 0.15) is 5.56 Å². The van der Waals surface area contributed by atoms with Crippen LogP contribution in [0.15, 0.2) is 62.8 Å². The Hall–Kier alpha value is -2.16. The van der Waals surface area contributed by atoms with E-state index in [2.05, 4.69) is 21.2 Å². The third kappa shape index (κ3) is 3.28. The first-order chi connectivity index (χ1) is 13.0. The summed E-state index contributed by atoms with van der Waals surface area (Å²) in [6, 6.07) is 14.0. The van der Waals surface area contributed by atoms with Crippen LogP contribution in [0, 0.1) is 0 Å². The van der Waals surface area contributed by atoms with Gasteiger partial charge in [-0.1, -0.05) is 40.2 Å². The Morgan fingerprint density at radius 1 is 1.07 bits per heavy atom. The molecule has 2 heterocycles. The molecule has 140 valence electrons. The van der Waals surface area contributed by atoms with E-state index >= 15 is 0 Å². The van der Waals surface area contributed by atoms with Crippen molar-refractivity contribution in [1.29, 1.82) is 0 Å². The highest BCUT2D eigenvalue weighted by atomic mass is 79.9. The van der Waals surface area contributed by atoms with Crippen LogP contribution < -0.4 is 5.32 Å². The van der Waals surface area contributed by atoms with Crippen molar-refractivity contribution in [1.82, 2.24) is 4.90 Å². The topological polar surface area (TPSA) is 75.7 Å². The zero-order chi connectivity index (χ0) is 19.0. The predicted octanol–water partition coefficient (Wildman–Crippen LogP) is 2.88. The Balaban J connectivity index is 1.84. The molecule has 0 spiro atoms. The normalized spacial score (nSPS) is 18.3. The number of nitrogens with one attached hydrogen (secondary N) is 1. The fraction of sp³-hybridized carbons (Fsp3) is 0.211. The maximum Gasteiger partial charge on any atom is 0.268 e. The molecule has 1 amide bonds. The Kier molecular flexibility index (Phi) is 4.79. The molecule has 1 saturated heterocycles. The lowest BCUT2D eigenvalue weighted by atomic mass is 10.1. The maximum absolute atomic E-state index is 13.2. The number of nitrogens with zero attached hydrogens (tertiary/aromatic N) is 1. The fourth-order valence-electron chi connectivity index (χ4n) is 3.24. The molecule has 2 aromatic carbocycles. The third-order valence-corrected chi connectivity index (χ3v) is 6.87. The van der Waals surface area contributed by atoms with Crippen LogP contribution in [0.4, 0.5) is 5.69 Å². The summed E-state index contributed by atoms with van der Waals surface area (Å²) in [6.07, 6.45) is 0. The third-order valence-electron chi connectivity index (χ3n) is 4.53. The van der Waals surface area contributed by atoms with Crippen molar-refractivity contribution in [3.8, 4) is 0 Å². The predicted molar refractivity (Wildman–Crippen MR) is 106 cm³/mol. The first-order valence-electron chi connectivity index (χ1n) is 8.47. The van der Waals surface area contributed by atoms with Crippen LogP contribution in [0.3, 0.4) is 0 Å². The molecule has 1 N–H and O–H groups in total. The Bertz CT molecular complexity index is 1040. The van der Waals surface area contributed by atoms with Gasteiger partial charge < -0.3 is 15.0 Å². The molecule has 0 radical (unpaired) electrons. The summed E-state index contributed by atoms with van der Waals surface area (Å²) in [7, 11) is -3.90. The van der Waals surface area contributed by atoms with Crippen molar-refractivity contribution < 1.29 is 17.9 Å². The van der Waals surface area contributed by atoms with E-state index in [1.165, 1.54) is 11.0 Å². The Morgan fingerprint density at radius 3 is 2.56 bits per heavy atom. The van der Waals surface area contributed by atoms with Gasteiger partial charge in [0.2, 0.25) is 9.84 Å². The number of sulfone groups is 1. The number of morpholine rings is 1. The van der Waals surface area contributed by atoms with Crippen molar-refractivity contribution in [2.75, 3.05) is 31.6 Å². The molecule has 0 aliphatic carbocycles. The van der Waals surface area contributed by atoms with Gasteiger partial charge in [0.05, 0.1) is 23.8 Å². The number of halogens is 1. The van der Waals surface area contributed by atoms with Gasteiger partial charge in [0.1, 0.15) is 0 Å². The zero-order valence-electron chi connectivity index (χ0n) is 14.3. The fourth-order valence-corrected chi connectivity index (χ4v) is 5.37. The molecule has 2 aromatic rings. The minimum absolute atomic E-state index is 0.152. The van der Waals surface area contributed by atoms with Crippen LogP contribution in [0.2, 0.25) is 0 Å². The van der Waals surface area contributed by atoms with Crippen molar-refractivity contribution >= 4 is 43.1 Å². The van der Waals surface area contributed by atoms with Gasteiger partial charge in [-0.15, -0.1) is 0 Å². The summed E-state index contributed by atoms with van der Waals surface area (Å²) < 4.78 is 32.4. The second kappa shape index (κ2) is 7.10. The number of fused-ring (bicyclic) bond motifs is 1. The van der Waals surface area contributed by atoms with Crippen LogP contribution >= 0.6 is 15.9 Å². The molecule has 0 atom stereocenters. The highest BCUT2D eigenvalue weighted by Crippen LogP contribution is 2.40. The minimum Gasteiger partial charge on any atom is -0.378 e. The van der Waals surface area contributed by atoms with Gasteiger partial charge in [-0.05, 0) is 24.3 Å². The van der Waals surface area contributed by atoms with E-state index in [9.17, 15) is 13.2 Å². The molecular formula is C19H17BrN2O4S. The molecule has 0 bridgehead atoms. The van der Waals surface area contributed by atoms with E-state index in [0.29, 0.717) is 43.3 Å². The molecule has 4 rings (SSSR count). The average molecular weight is 449 g/mol. The maximum atomic E-state index is 13.2. The highest BCUT2D eigenvalue weighted by molar-refractivity contribution is 9.10.